The Morgan fingerprint density at radius 2 is 1.81 bits per heavy atom. The maximum Gasteiger partial charge on any atom is 0.257 e. The molecule has 0 bridgehead atoms. The van der Waals surface area contributed by atoms with E-state index >= 15 is 0 Å². The predicted octanol–water partition coefficient (Wildman–Crippen LogP) is 4.97. The third-order valence-electron chi connectivity index (χ3n) is 4.07. The Bertz CT molecular complexity index is 956. The first kappa shape index (κ1) is 17.5. The monoisotopic (exact) mass is 353 g/mol. The standard InChI is InChI=1S/C20H17F2N3O/c1-12-4-3-5-18(13(12)2)25-20(26)14-6-9-19(23-11-14)24-15-7-8-16(21)17(22)10-15/h3-11H,1-2H3,(H,23,24)(H,25,26). The van der Waals surface area contributed by atoms with Crippen molar-refractivity contribution in [2.24, 2.45) is 0 Å². The Morgan fingerprint density at radius 3 is 2.50 bits per heavy atom. The number of amides is 1. The number of rotatable bonds is 4. The molecule has 0 unspecified atom stereocenters. The maximum absolute atomic E-state index is 13.2. The number of anilines is 3. The summed E-state index contributed by atoms with van der Waals surface area (Å²) < 4.78 is 26.2. The first-order chi connectivity index (χ1) is 12.4. The molecule has 0 saturated carbocycles. The van der Waals surface area contributed by atoms with Crippen LogP contribution >= 0.6 is 0 Å². The molecule has 3 rings (SSSR count). The van der Waals surface area contributed by atoms with E-state index in [9.17, 15) is 13.6 Å². The third kappa shape index (κ3) is 3.85. The molecule has 132 valence electrons. The van der Waals surface area contributed by atoms with Crippen molar-refractivity contribution in [3.05, 3.63) is 83.1 Å². The lowest BCUT2D eigenvalue weighted by Crippen LogP contribution is -2.13. The van der Waals surface area contributed by atoms with Crippen LogP contribution in [0.3, 0.4) is 0 Å². The van der Waals surface area contributed by atoms with E-state index in [4.69, 9.17) is 0 Å². The molecule has 0 spiro atoms. The number of nitrogens with zero attached hydrogens (tertiary/aromatic N) is 1. The third-order valence-corrected chi connectivity index (χ3v) is 4.07. The van der Waals surface area contributed by atoms with Crippen LogP contribution in [0.5, 0.6) is 0 Å². The summed E-state index contributed by atoms with van der Waals surface area (Å²) in [4.78, 5) is 16.5. The molecule has 0 saturated heterocycles. The van der Waals surface area contributed by atoms with E-state index in [1.165, 1.54) is 12.3 Å². The van der Waals surface area contributed by atoms with Gasteiger partial charge in [0.1, 0.15) is 5.82 Å². The largest absolute Gasteiger partial charge is 0.340 e. The Balaban J connectivity index is 1.71. The van der Waals surface area contributed by atoms with Gasteiger partial charge in [0.15, 0.2) is 11.6 Å². The van der Waals surface area contributed by atoms with Crippen LogP contribution < -0.4 is 10.6 Å². The fraction of sp³-hybridized carbons (Fsp3) is 0.100. The molecule has 1 heterocycles. The number of benzene rings is 2. The van der Waals surface area contributed by atoms with Gasteiger partial charge >= 0.3 is 0 Å². The average Bonchev–Trinajstić information content (AvgIpc) is 2.63. The quantitative estimate of drug-likeness (QED) is 0.696. The van der Waals surface area contributed by atoms with Crippen LogP contribution in [0.4, 0.5) is 26.0 Å². The number of nitrogens with one attached hydrogen (secondary N) is 2. The van der Waals surface area contributed by atoms with Crippen molar-refractivity contribution in [1.82, 2.24) is 4.98 Å². The Morgan fingerprint density at radius 1 is 1.00 bits per heavy atom. The SMILES string of the molecule is Cc1cccc(NC(=O)c2ccc(Nc3ccc(F)c(F)c3)nc2)c1C. The first-order valence-corrected chi connectivity index (χ1v) is 8.00. The van der Waals surface area contributed by atoms with Gasteiger partial charge in [-0.2, -0.15) is 0 Å². The highest BCUT2D eigenvalue weighted by Crippen LogP contribution is 2.20. The Kier molecular flexibility index (Phi) is 4.93. The molecule has 0 atom stereocenters. The summed E-state index contributed by atoms with van der Waals surface area (Å²) in [5.41, 5.74) is 3.60. The average molecular weight is 353 g/mol. The van der Waals surface area contributed by atoms with Gasteiger partial charge in [-0.1, -0.05) is 12.1 Å². The lowest BCUT2D eigenvalue weighted by molar-refractivity contribution is 0.102. The fourth-order valence-corrected chi connectivity index (χ4v) is 2.40. The zero-order valence-electron chi connectivity index (χ0n) is 14.3. The van der Waals surface area contributed by atoms with Gasteiger partial charge in [-0.25, -0.2) is 13.8 Å². The molecule has 0 aliphatic carbocycles. The van der Waals surface area contributed by atoms with Gasteiger partial charge in [0, 0.05) is 23.6 Å². The smallest absolute Gasteiger partial charge is 0.257 e. The number of aryl methyl sites for hydroxylation is 1. The molecule has 26 heavy (non-hydrogen) atoms. The lowest BCUT2D eigenvalue weighted by atomic mass is 10.1. The fourth-order valence-electron chi connectivity index (χ4n) is 2.40. The van der Waals surface area contributed by atoms with Crippen molar-refractivity contribution >= 4 is 23.1 Å². The second-order valence-corrected chi connectivity index (χ2v) is 5.89. The van der Waals surface area contributed by atoms with E-state index in [-0.39, 0.29) is 5.91 Å². The maximum atomic E-state index is 13.2. The number of halogens is 2. The van der Waals surface area contributed by atoms with Gasteiger partial charge < -0.3 is 10.6 Å². The van der Waals surface area contributed by atoms with Gasteiger partial charge in [0.05, 0.1) is 5.56 Å². The molecule has 0 fully saturated rings. The van der Waals surface area contributed by atoms with Gasteiger partial charge in [-0.3, -0.25) is 4.79 Å². The predicted molar refractivity (Wildman–Crippen MR) is 97.7 cm³/mol. The summed E-state index contributed by atoms with van der Waals surface area (Å²) in [5, 5.41) is 5.71. The minimum atomic E-state index is -0.945. The van der Waals surface area contributed by atoms with Crippen molar-refractivity contribution in [3.8, 4) is 0 Å². The molecule has 2 N–H and O–H groups in total. The van der Waals surface area contributed by atoms with Crippen LogP contribution in [0.1, 0.15) is 21.5 Å². The molecule has 0 aliphatic heterocycles. The molecular formula is C20H17F2N3O. The van der Waals surface area contributed by atoms with Crippen LogP contribution in [-0.4, -0.2) is 10.9 Å². The second-order valence-electron chi connectivity index (χ2n) is 5.89. The van der Waals surface area contributed by atoms with Gasteiger partial charge in [0.25, 0.3) is 5.91 Å². The summed E-state index contributed by atoms with van der Waals surface area (Å²) in [6.07, 6.45) is 1.42. The van der Waals surface area contributed by atoms with E-state index in [0.717, 1.165) is 28.9 Å². The molecule has 4 nitrogen and oxygen atoms in total. The Labute approximate surface area is 149 Å². The lowest BCUT2D eigenvalue weighted by Gasteiger charge is -2.11. The zero-order chi connectivity index (χ0) is 18.7. The summed E-state index contributed by atoms with van der Waals surface area (Å²) in [7, 11) is 0. The molecule has 2 aromatic carbocycles. The van der Waals surface area contributed by atoms with Crippen molar-refractivity contribution in [3.63, 3.8) is 0 Å². The van der Waals surface area contributed by atoms with E-state index in [2.05, 4.69) is 15.6 Å². The molecule has 1 amide bonds. The van der Waals surface area contributed by atoms with E-state index < -0.39 is 11.6 Å². The zero-order valence-corrected chi connectivity index (χ0v) is 14.3. The number of hydrogen-bond donors (Lipinski definition) is 2. The molecule has 0 aliphatic rings. The summed E-state index contributed by atoms with van der Waals surface area (Å²) >= 11 is 0. The van der Waals surface area contributed by atoms with Gasteiger partial charge in [0.2, 0.25) is 0 Å². The number of aromatic nitrogens is 1. The van der Waals surface area contributed by atoms with E-state index in [1.54, 1.807) is 12.1 Å². The number of pyridine rings is 1. The number of hydrogen-bond acceptors (Lipinski definition) is 3. The van der Waals surface area contributed by atoms with Crippen LogP contribution in [0.2, 0.25) is 0 Å². The summed E-state index contributed by atoms with van der Waals surface area (Å²) in [5.74, 6) is -1.72. The van der Waals surface area contributed by atoms with Crippen molar-refractivity contribution in [2.75, 3.05) is 10.6 Å². The second kappa shape index (κ2) is 7.31. The molecular weight excluding hydrogens is 336 g/mol. The van der Waals surface area contributed by atoms with Crippen LogP contribution in [0.15, 0.2) is 54.7 Å². The highest BCUT2D eigenvalue weighted by molar-refractivity contribution is 6.04. The van der Waals surface area contributed by atoms with Gasteiger partial charge in [-0.05, 0) is 55.3 Å². The van der Waals surface area contributed by atoms with Crippen molar-refractivity contribution in [2.45, 2.75) is 13.8 Å². The normalized spacial score (nSPS) is 10.5. The number of carbonyl (C=O) groups excluding carboxylic acids is 1. The van der Waals surface area contributed by atoms with Gasteiger partial charge in [-0.15, -0.1) is 0 Å². The van der Waals surface area contributed by atoms with E-state index in [0.29, 0.717) is 17.1 Å². The highest BCUT2D eigenvalue weighted by atomic mass is 19.2. The minimum absolute atomic E-state index is 0.273. The van der Waals surface area contributed by atoms with E-state index in [1.807, 2.05) is 32.0 Å². The minimum Gasteiger partial charge on any atom is -0.340 e. The molecule has 0 radical (unpaired) electrons. The topological polar surface area (TPSA) is 54.0 Å². The Hall–Kier alpha value is -3.28. The number of carbonyl (C=O) groups is 1. The highest BCUT2D eigenvalue weighted by Gasteiger charge is 2.10. The molecule has 1 aromatic heterocycles. The summed E-state index contributed by atoms with van der Waals surface area (Å²) in [6.45, 7) is 3.92. The molecule has 6 heteroatoms. The van der Waals surface area contributed by atoms with Crippen LogP contribution in [0, 0.1) is 25.5 Å². The van der Waals surface area contributed by atoms with Crippen LogP contribution in [-0.2, 0) is 0 Å². The van der Waals surface area contributed by atoms with Crippen LogP contribution in [0.25, 0.3) is 0 Å². The van der Waals surface area contributed by atoms with Crippen molar-refractivity contribution < 1.29 is 13.6 Å². The molecule has 3 aromatic rings. The summed E-state index contributed by atoms with van der Waals surface area (Å²) in [6, 6.07) is 12.4. The van der Waals surface area contributed by atoms with Crippen molar-refractivity contribution in [1.29, 1.82) is 0 Å². The first-order valence-electron chi connectivity index (χ1n) is 8.00.